The summed E-state index contributed by atoms with van der Waals surface area (Å²) in [6.45, 7) is -0.0398. The first-order valence-corrected chi connectivity index (χ1v) is 5.10. The number of nitrogens with zero attached hydrogens (tertiary/aromatic N) is 1. The Balaban J connectivity index is 2.09. The number of alkyl halides is 3. The minimum Gasteiger partial charge on any atom is -0.399 e. The second-order valence-corrected chi connectivity index (χ2v) is 4.10. The van der Waals surface area contributed by atoms with Gasteiger partial charge in [-0.2, -0.15) is 13.2 Å². The van der Waals surface area contributed by atoms with E-state index in [0.29, 0.717) is 25.2 Å². The van der Waals surface area contributed by atoms with Crippen LogP contribution in [0.4, 0.5) is 18.9 Å². The van der Waals surface area contributed by atoms with Crippen LogP contribution in [0.5, 0.6) is 0 Å². The number of hydrogen-bond donors (Lipinski definition) is 1. The predicted molar refractivity (Wildman–Crippen MR) is 55.9 cm³/mol. The molecule has 5 heteroatoms. The Morgan fingerprint density at radius 3 is 2.69 bits per heavy atom. The average molecular weight is 230 g/mol. The molecule has 1 aromatic rings. The molecule has 16 heavy (non-hydrogen) atoms. The molecular weight excluding hydrogens is 217 g/mol. The van der Waals surface area contributed by atoms with Crippen molar-refractivity contribution in [2.24, 2.45) is 0 Å². The number of fused-ring (bicyclic) bond motifs is 1. The summed E-state index contributed by atoms with van der Waals surface area (Å²) in [6, 6.07) is 5.39. The van der Waals surface area contributed by atoms with Crippen LogP contribution in [0.25, 0.3) is 0 Å². The van der Waals surface area contributed by atoms with Gasteiger partial charge in [0, 0.05) is 18.8 Å². The topological polar surface area (TPSA) is 29.3 Å². The Bertz CT molecular complexity index is 387. The number of nitrogen functional groups attached to an aromatic ring is 1. The van der Waals surface area contributed by atoms with E-state index in [1.165, 1.54) is 4.90 Å². The Hall–Kier alpha value is -1.23. The van der Waals surface area contributed by atoms with Crippen molar-refractivity contribution in [3.05, 3.63) is 29.3 Å². The highest BCUT2D eigenvalue weighted by atomic mass is 19.4. The SMILES string of the molecule is Nc1ccc2c(c1)CCN(CC(F)(F)F)C2. The second kappa shape index (κ2) is 3.97. The van der Waals surface area contributed by atoms with Crippen LogP contribution in [-0.4, -0.2) is 24.2 Å². The molecule has 0 aliphatic carbocycles. The number of rotatable bonds is 1. The molecule has 0 atom stereocenters. The molecule has 1 heterocycles. The van der Waals surface area contributed by atoms with Gasteiger partial charge in [0.15, 0.2) is 0 Å². The number of benzene rings is 1. The van der Waals surface area contributed by atoms with Crippen LogP contribution in [-0.2, 0) is 13.0 Å². The van der Waals surface area contributed by atoms with Gasteiger partial charge in [-0.1, -0.05) is 6.07 Å². The molecule has 2 N–H and O–H groups in total. The lowest BCUT2D eigenvalue weighted by molar-refractivity contribution is -0.147. The molecule has 0 saturated carbocycles. The highest BCUT2D eigenvalue weighted by molar-refractivity contribution is 5.45. The van der Waals surface area contributed by atoms with E-state index < -0.39 is 12.7 Å². The molecule has 0 radical (unpaired) electrons. The zero-order valence-electron chi connectivity index (χ0n) is 8.72. The van der Waals surface area contributed by atoms with E-state index in [-0.39, 0.29) is 0 Å². The van der Waals surface area contributed by atoms with E-state index in [0.717, 1.165) is 11.1 Å². The van der Waals surface area contributed by atoms with Gasteiger partial charge >= 0.3 is 6.18 Å². The maximum Gasteiger partial charge on any atom is 0.401 e. The minimum atomic E-state index is -4.12. The Morgan fingerprint density at radius 1 is 1.25 bits per heavy atom. The second-order valence-electron chi connectivity index (χ2n) is 4.10. The van der Waals surface area contributed by atoms with E-state index in [4.69, 9.17) is 5.73 Å². The summed E-state index contributed by atoms with van der Waals surface area (Å²) in [5.74, 6) is 0. The summed E-state index contributed by atoms with van der Waals surface area (Å²) in [4.78, 5) is 1.42. The van der Waals surface area contributed by atoms with Gasteiger partial charge in [0.25, 0.3) is 0 Å². The van der Waals surface area contributed by atoms with E-state index in [1.54, 1.807) is 6.07 Å². The molecule has 0 bridgehead atoms. The maximum atomic E-state index is 12.2. The number of anilines is 1. The normalized spacial score (nSPS) is 17.2. The van der Waals surface area contributed by atoms with Crippen LogP contribution in [0, 0.1) is 0 Å². The standard InChI is InChI=1S/C11H13F3N2/c12-11(13,14)7-16-4-3-8-5-10(15)2-1-9(8)6-16/h1-2,5H,3-4,6-7,15H2. The number of nitrogens with two attached hydrogens (primary N) is 1. The predicted octanol–water partition coefficient (Wildman–Crippen LogP) is 2.19. The molecule has 0 aromatic heterocycles. The van der Waals surface area contributed by atoms with Crippen molar-refractivity contribution in [2.45, 2.75) is 19.1 Å². The van der Waals surface area contributed by atoms with Gasteiger partial charge in [0.05, 0.1) is 6.54 Å². The lowest BCUT2D eigenvalue weighted by atomic mass is 9.99. The van der Waals surface area contributed by atoms with Gasteiger partial charge in [-0.05, 0) is 29.7 Å². The van der Waals surface area contributed by atoms with Crippen LogP contribution in [0.1, 0.15) is 11.1 Å². The number of halogens is 3. The van der Waals surface area contributed by atoms with Crippen molar-refractivity contribution < 1.29 is 13.2 Å². The molecule has 0 spiro atoms. The average Bonchev–Trinajstić information content (AvgIpc) is 2.16. The molecule has 0 saturated heterocycles. The van der Waals surface area contributed by atoms with Gasteiger partial charge < -0.3 is 5.73 Å². The van der Waals surface area contributed by atoms with Gasteiger partial charge in [0.1, 0.15) is 0 Å². The molecule has 2 rings (SSSR count). The fourth-order valence-corrected chi connectivity index (χ4v) is 2.02. The molecule has 88 valence electrons. The van der Waals surface area contributed by atoms with Crippen LogP contribution >= 0.6 is 0 Å². The quantitative estimate of drug-likeness (QED) is 0.749. The van der Waals surface area contributed by atoms with E-state index in [9.17, 15) is 13.2 Å². The zero-order valence-corrected chi connectivity index (χ0v) is 8.72. The van der Waals surface area contributed by atoms with E-state index in [2.05, 4.69) is 0 Å². The zero-order chi connectivity index (χ0) is 11.8. The van der Waals surface area contributed by atoms with Crippen molar-refractivity contribution in [3.63, 3.8) is 0 Å². The third-order valence-electron chi connectivity index (χ3n) is 2.72. The largest absolute Gasteiger partial charge is 0.401 e. The third kappa shape index (κ3) is 2.66. The van der Waals surface area contributed by atoms with Gasteiger partial charge in [-0.15, -0.1) is 0 Å². The lowest BCUT2D eigenvalue weighted by Crippen LogP contribution is -2.37. The summed E-state index contributed by atoms with van der Waals surface area (Å²) < 4.78 is 36.7. The van der Waals surface area contributed by atoms with Crippen molar-refractivity contribution in [3.8, 4) is 0 Å². The third-order valence-corrected chi connectivity index (χ3v) is 2.72. The highest BCUT2D eigenvalue weighted by Gasteiger charge is 2.31. The summed E-state index contributed by atoms with van der Waals surface area (Å²) in [7, 11) is 0. The Labute approximate surface area is 91.8 Å². The summed E-state index contributed by atoms with van der Waals surface area (Å²) >= 11 is 0. The first kappa shape index (κ1) is 11.3. The van der Waals surface area contributed by atoms with Crippen molar-refractivity contribution >= 4 is 5.69 Å². The monoisotopic (exact) mass is 230 g/mol. The van der Waals surface area contributed by atoms with E-state index >= 15 is 0 Å². The number of hydrogen-bond acceptors (Lipinski definition) is 2. The van der Waals surface area contributed by atoms with Crippen molar-refractivity contribution in [2.75, 3.05) is 18.8 Å². The van der Waals surface area contributed by atoms with Crippen LogP contribution < -0.4 is 5.73 Å². The van der Waals surface area contributed by atoms with E-state index in [1.807, 2.05) is 12.1 Å². The minimum absolute atomic E-state index is 0.356. The van der Waals surface area contributed by atoms with Crippen molar-refractivity contribution in [1.29, 1.82) is 0 Å². The molecule has 0 amide bonds. The molecule has 0 fully saturated rings. The van der Waals surface area contributed by atoms with Crippen LogP contribution in [0.2, 0.25) is 0 Å². The van der Waals surface area contributed by atoms with Gasteiger partial charge in [0.2, 0.25) is 0 Å². The smallest absolute Gasteiger partial charge is 0.399 e. The fourth-order valence-electron chi connectivity index (χ4n) is 2.02. The lowest BCUT2D eigenvalue weighted by Gasteiger charge is -2.29. The Kier molecular flexibility index (Phi) is 2.80. The fraction of sp³-hybridized carbons (Fsp3) is 0.455. The first-order chi connectivity index (χ1) is 7.44. The van der Waals surface area contributed by atoms with Gasteiger partial charge in [-0.3, -0.25) is 4.90 Å². The molecule has 1 aromatic carbocycles. The Morgan fingerprint density at radius 2 is 2.00 bits per heavy atom. The van der Waals surface area contributed by atoms with Crippen LogP contribution in [0.15, 0.2) is 18.2 Å². The molecule has 0 unspecified atom stereocenters. The first-order valence-electron chi connectivity index (χ1n) is 5.10. The van der Waals surface area contributed by atoms with Crippen molar-refractivity contribution in [1.82, 2.24) is 4.90 Å². The summed E-state index contributed by atoms with van der Waals surface area (Å²) in [5, 5.41) is 0. The highest BCUT2D eigenvalue weighted by Crippen LogP contribution is 2.24. The van der Waals surface area contributed by atoms with Crippen LogP contribution in [0.3, 0.4) is 0 Å². The molecular formula is C11H13F3N2. The maximum absolute atomic E-state index is 12.2. The molecule has 1 aliphatic rings. The molecule has 1 aliphatic heterocycles. The summed E-state index contributed by atoms with van der Waals surface area (Å²) in [5.41, 5.74) is 8.31. The van der Waals surface area contributed by atoms with Gasteiger partial charge in [-0.25, -0.2) is 0 Å². The summed E-state index contributed by atoms with van der Waals surface area (Å²) in [6.07, 6.45) is -3.48. The molecule has 2 nitrogen and oxygen atoms in total.